The number of aromatic nitrogens is 2. The molecule has 6 nitrogen and oxygen atoms in total. The third-order valence-electron chi connectivity index (χ3n) is 4.32. The number of aromatic carboxylic acids is 1. The maximum absolute atomic E-state index is 11.0. The van der Waals surface area contributed by atoms with E-state index in [1.54, 1.807) is 6.92 Å². The first-order valence-corrected chi connectivity index (χ1v) is 8.56. The minimum Gasteiger partial charge on any atom is -0.506 e. The minimum atomic E-state index is -1.09. The van der Waals surface area contributed by atoms with Gasteiger partial charge in [-0.3, -0.25) is 0 Å². The third kappa shape index (κ3) is 4.23. The van der Waals surface area contributed by atoms with Crippen molar-refractivity contribution in [3.8, 4) is 5.75 Å². The third-order valence-corrected chi connectivity index (χ3v) is 4.32. The van der Waals surface area contributed by atoms with Crippen LogP contribution in [-0.2, 0) is 6.42 Å². The lowest BCUT2D eigenvalue weighted by Crippen LogP contribution is -2.07. The van der Waals surface area contributed by atoms with Crippen molar-refractivity contribution in [3.63, 3.8) is 0 Å². The fraction of sp³-hybridized carbons (Fsp3) is 0.190. The summed E-state index contributed by atoms with van der Waals surface area (Å²) in [6.07, 6.45) is 0.642. The Hall–Kier alpha value is -3.41. The number of hydrogen-bond donors (Lipinski definition) is 3. The Kier molecular flexibility index (Phi) is 5.07. The van der Waals surface area contributed by atoms with E-state index in [9.17, 15) is 9.90 Å². The molecule has 0 atom stereocenters. The molecule has 0 amide bonds. The Morgan fingerprint density at radius 1 is 1.04 bits per heavy atom. The Labute approximate surface area is 157 Å². The second-order valence-electron chi connectivity index (χ2n) is 6.51. The van der Waals surface area contributed by atoms with Gasteiger partial charge in [-0.15, -0.1) is 0 Å². The van der Waals surface area contributed by atoms with Gasteiger partial charge in [-0.2, -0.15) is 0 Å². The molecule has 27 heavy (non-hydrogen) atoms. The largest absolute Gasteiger partial charge is 0.506 e. The molecular formula is C21H21N3O3. The Morgan fingerprint density at radius 3 is 2.37 bits per heavy atom. The molecule has 0 aliphatic carbocycles. The molecule has 0 saturated carbocycles. The van der Waals surface area contributed by atoms with E-state index in [-0.39, 0.29) is 11.3 Å². The molecule has 0 bridgehead atoms. The highest BCUT2D eigenvalue weighted by Crippen LogP contribution is 2.30. The SMILES string of the molecule is Cc1ccc(Cc2c(C)nc(C)nc2Nc2ccc(C(=O)O)cc2O)cc1. The average molecular weight is 363 g/mol. The minimum absolute atomic E-state index is 0.0213. The van der Waals surface area contributed by atoms with Gasteiger partial charge in [-0.25, -0.2) is 14.8 Å². The van der Waals surface area contributed by atoms with Gasteiger partial charge in [0, 0.05) is 17.7 Å². The number of benzene rings is 2. The standard InChI is InChI=1S/C21H21N3O3/c1-12-4-6-15(7-5-12)10-17-13(2)22-14(3)23-20(17)24-18-9-8-16(21(26)27)11-19(18)25/h4-9,11,25H,10H2,1-3H3,(H,26,27)(H,22,23,24). The van der Waals surface area contributed by atoms with E-state index in [0.29, 0.717) is 23.8 Å². The fourth-order valence-corrected chi connectivity index (χ4v) is 2.86. The van der Waals surface area contributed by atoms with Crippen LogP contribution in [0.1, 0.15) is 38.6 Å². The first kappa shape index (κ1) is 18.4. The van der Waals surface area contributed by atoms with Gasteiger partial charge < -0.3 is 15.5 Å². The summed E-state index contributed by atoms with van der Waals surface area (Å²) in [5.74, 6) is -0.0287. The molecule has 1 heterocycles. The maximum Gasteiger partial charge on any atom is 0.335 e. The lowest BCUT2D eigenvalue weighted by atomic mass is 10.0. The summed E-state index contributed by atoms with van der Waals surface area (Å²) < 4.78 is 0. The Bertz CT molecular complexity index is 998. The number of nitrogens with zero attached hydrogens (tertiary/aromatic N) is 2. The molecule has 0 unspecified atom stereocenters. The molecule has 1 aromatic heterocycles. The molecule has 0 fully saturated rings. The van der Waals surface area contributed by atoms with Crippen LogP contribution in [0, 0.1) is 20.8 Å². The van der Waals surface area contributed by atoms with Crippen LogP contribution in [0.3, 0.4) is 0 Å². The number of aryl methyl sites for hydroxylation is 3. The van der Waals surface area contributed by atoms with Gasteiger partial charge >= 0.3 is 5.97 Å². The van der Waals surface area contributed by atoms with Gasteiger partial charge in [0.05, 0.1) is 11.3 Å². The highest BCUT2D eigenvalue weighted by atomic mass is 16.4. The first-order valence-electron chi connectivity index (χ1n) is 8.56. The molecule has 6 heteroatoms. The Morgan fingerprint density at radius 2 is 1.74 bits per heavy atom. The predicted molar refractivity (Wildman–Crippen MR) is 104 cm³/mol. The summed E-state index contributed by atoms with van der Waals surface area (Å²) in [6.45, 7) is 5.78. The van der Waals surface area contributed by atoms with Crippen molar-refractivity contribution in [1.82, 2.24) is 9.97 Å². The number of rotatable bonds is 5. The quantitative estimate of drug-likeness (QED) is 0.590. The van der Waals surface area contributed by atoms with Crippen LogP contribution in [0.5, 0.6) is 5.75 Å². The number of hydrogen-bond acceptors (Lipinski definition) is 5. The smallest absolute Gasteiger partial charge is 0.335 e. The summed E-state index contributed by atoms with van der Waals surface area (Å²) in [4.78, 5) is 20.0. The summed E-state index contributed by atoms with van der Waals surface area (Å²) in [5, 5.41) is 22.3. The van der Waals surface area contributed by atoms with E-state index in [2.05, 4.69) is 39.6 Å². The van der Waals surface area contributed by atoms with E-state index in [0.717, 1.165) is 16.8 Å². The predicted octanol–water partition coefficient (Wildman–Crippen LogP) is 4.14. The van der Waals surface area contributed by atoms with E-state index in [4.69, 9.17) is 5.11 Å². The number of phenols is 1. The van der Waals surface area contributed by atoms with Crippen LogP contribution in [-0.4, -0.2) is 26.2 Å². The summed E-state index contributed by atoms with van der Waals surface area (Å²) in [5.41, 5.74) is 4.51. The fourth-order valence-electron chi connectivity index (χ4n) is 2.86. The van der Waals surface area contributed by atoms with Crippen molar-refractivity contribution >= 4 is 17.5 Å². The summed E-state index contributed by atoms with van der Waals surface area (Å²) in [6, 6.07) is 12.4. The number of phenolic OH excluding ortho intramolecular Hbond substituents is 1. The molecule has 3 N–H and O–H groups in total. The second-order valence-corrected chi connectivity index (χ2v) is 6.51. The van der Waals surface area contributed by atoms with Crippen LogP contribution in [0.4, 0.5) is 11.5 Å². The zero-order chi connectivity index (χ0) is 19.6. The van der Waals surface area contributed by atoms with Crippen molar-refractivity contribution < 1.29 is 15.0 Å². The van der Waals surface area contributed by atoms with Gasteiger partial charge in [-0.05, 0) is 44.5 Å². The van der Waals surface area contributed by atoms with E-state index in [1.807, 2.05) is 13.8 Å². The maximum atomic E-state index is 11.0. The van der Waals surface area contributed by atoms with Crippen molar-refractivity contribution in [1.29, 1.82) is 0 Å². The monoisotopic (exact) mass is 363 g/mol. The van der Waals surface area contributed by atoms with Gasteiger partial charge in [0.15, 0.2) is 0 Å². The molecule has 0 spiro atoms. The Balaban J connectivity index is 1.97. The lowest BCUT2D eigenvalue weighted by Gasteiger charge is -2.15. The molecule has 0 aliphatic rings. The average Bonchev–Trinajstić information content (AvgIpc) is 2.61. The van der Waals surface area contributed by atoms with E-state index in [1.165, 1.54) is 23.8 Å². The number of carbonyl (C=O) groups is 1. The molecule has 0 radical (unpaired) electrons. The van der Waals surface area contributed by atoms with Crippen molar-refractivity contribution in [2.75, 3.05) is 5.32 Å². The molecule has 2 aromatic carbocycles. The number of carboxylic acids is 1. The lowest BCUT2D eigenvalue weighted by molar-refractivity contribution is 0.0696. The molecule has 3 rings (SSSR count). The van der Waals surface area contributed by atoms with Gasteiger partial charge in [0.25, 0.3) is 0 Å². The van der Waals surface area contributed by atoms with Crippen molar-refractivity contribution in [2.45, 2.75) is 27.2 Å². The van der Waals surface area contributed by atoms with Crippen LogP contribution in [0.2, 0.25) is 0 Å². The summed E-state index contributed by atoms with van der Waals surface area (Å²) >= 11 is 0. The normalized spacial score (nSPS) is 10.6. The molecule has 0 saturated heterocycles. The van der Waals surface area contributed by atoms with Crippen LogP contribution in [0.25, 0.3) is 0 Å². The second kappa shape index (κ2) is 7.45. The number of anilines is 2. The van der Waals surface area contributed by atoms with Gasteiger partial charge in [-0.1, -0.05) is 29.8 Å². The van der Waals surface area contributed by atoms with Crippen LogP contribution in [0.15, 0.2) is 42.5 Å². The zero-order valence-corrected chi connectivity index (χ0v) is 15.4. The molecule has 138 valence electrons. The van der Waals surface area contributed by atoms with Crippen LogP contribution >= 0.6 is 0 Å². The topological polar surface area (TPSA) is 95.3 Å². The van der Waals surface area contributed by atoms with E-state index < -0.39 is 5.97 Å². The highest BCUT2D eigenvalue weighted by Gasteiger charge is 2.14. The van der Waals surface area contributed by atoms with Gasteiger partial charge in [0.1, 0.15) is 17.4 Å². The number of nitrogens with one attached hydrogen (secondary N) is 1. The zero-order valence-electron chi connectivity index (χ0n) is 15.4. The molecular weight excluding hydrogens is 342 g/mol. The number of aromatic hydroxyl groups is 1. The van der Waals surface area contributed by atoms with Crippen molar-refractivity contribution in [3.05, 3.63) is 76.2 Å². The van der Waals surface area contributed by atoms with Gasteiger partial charge in [0.2, 0.25) is 0 Å². The highest BCUT2D eigenvalue weighted by molar-refractivity contribution is 5.89. The van der Waals surface area contributed by atoms with Crippen molar-refractivity contribution in [2.24, 2.45) is 0 Å². The van der Waals surface area contributed by atoms with Crippen LogP contribution < -0.4 is 5.32 Å². The number of carboxylic acid groups (broad SMARTS) is 1. The molecule has 0 aliphatic heterocycles. The first-order chi connectivity index (χ1) is 12.8. The van der Waals surface area contributed by atoms with E-state index >= 15 is 0 Å². The molecule has 3 aromatic rings. The summed E-state index contributed by atoms with van der Waals surface area (Å²) in [7, 11) is 0.